The molecular weight excluding hydrogens is 533 g/mol. The monoisotopic (exact) mass is 567 g/mol. The molecule has 8 heteroatoms. The summed E-state index contributed by atoms with van der Waals surface area (Å²) in [5.74, 6) is 4.23. The van der Waals surface area contributed by atoms with Crippen LogP contribution < -0.4 is 25.2 Å². The van der Waals surface area contributed by atoms with Gasteiger partial charge >= 0.3 is 0 Å². The van der Waals surface area contributed by atoms with Gasteiger partial charge in [0.05, 0.1) is 12.8 Å². The topological polar surface area (TPSA) is 52.1 Å². The van der Waals surface area contributed by atoms with Crippen LogP contribution in [0.2, 0.25) is 0 Å². The maximum Gasteiger partial charge on any atom is 0.191 e. The van der Waals surface area contributed by atoms with E-state index in [2.05, 4.69) is 61.8 Å². The normalized spacial score (nSPS) is 18.8. The van der Waals surface area contributed by atoms with Gasteiger partial charge in [-0.3, -0.25) is 4.99 Å². The Morgan fingerprint density at radius 2 is 1.81 bits per heavy atom. The molecule has 0 radical (unpaired) electrons. The van der Waals surface area contributed by atoms with Gasteiger partial charge in [0.2, 0.25) is 0 Å². The van der Waals surface area contributed by atoms with Crippen LogP contribution in [0.4, 0.5) is 11.4 Å². The number of thioether (sulfide) groups is 1. The van der Waals surface area contributed by atoms with Crippen molar-refractivity contribution in [1.29, 1.82) is 0 Å². The number of hydrogen-bond acceptors (Lipinski definition) is 5. The number of ether oxygens (including phenoxy) is 1. The third kappa shape index (κ3) is 6.37. The zero-order chi connectivity index (χ0) is 21.5. The van der Waals surface area contributed by atoms with Crippen molar-refractivity contribution in [3.8, 4) is 5.75 Å². The molecule has 174 valence electrons. The van der Waals surface area contributed by atoms with Crippen LogP contribution in [0, 0.1) is 0 Å². The highest BCUT2D eigenvalue weighted by Crippen LogP contribution is 2.30. The SMILES string of the molecule is CN=C(NCc1ccc(N2CCSCC2)cc1)NC1CCN(c2ccccc2OC)C1.I. The average Bonchev–Trinajstić information content (AvgIpc) is 3.31. The number of methoxy groups -OCH3 is 1. The summed E-state index contributed by atoms with van der Waals surface area (Å²) in [4.78, 5) is 9.28. The number of aliphatic imine (C=N–C) groups is 1. The first-order chi connectivity index (χ1) is 15.3. The fourth-order valence-electron chi connectivity index (χ4n) is 4.21. The minimum absolute atomic E-state index is 0. The van der Waals surface area contributed by atoms with E-state index in [4.69, 9.17) is 4.74 Å². The fraction of sp³-hybridized carbons (Fsp3) is 0.458. The molecule has 2 aromatic carbocycles. The smallest absolute Gasteiger partial charge is 0.191 e. The first-order valence-electron chi connectivity index (χ1n) is 11.0. The second-order valence-electron chi connectivity index (χ2n) is 7.94. The van der Waals surface area contributed by atoms with Crippen molar-refractivity contribution in [3.63, 3.8) is 0 Å². The van der Waals surface area contributed by atoms with Crippen LogP contribution in [-0.4, -0.2) is 63.8 Å². The molecule has 6 nitrogen and oxygen atoms in total. The molecule has 2 saturated heterocycles. The molecule has 0 aromatic heterocycles. The molecule has 2 aromatic rings. The first kappa shape index (κ1) is 24.8. The third-order valence-electron chi connectivity index (χ3n) is 5.95. The predicted molar refractivity (Wildman–Crippen MR) is 148 cm³/mol. The van der Waals surface area contributed by atoms with E-state index < -0.39 is 0 Å². The minimum atomic E-state index is 0. The zero-order valence-corrected chi connectivity index (χ0v) is 22.1. The summed E-state index contributed by atoms with van der Waals surface area (Å²) in [7, 11) is 3.56. The van der Waals surface area contributed by atoms with E-state index in [0.717, 1.165) is 56.5 Å². The molecule has 0 amide bonds. The van der Waals surface area contributed by atoms with Crippen LogP contribution in [0.15, 0.2) is 53.5 Å². The summed E-state index contributed by atoms with van der Waals surface area (Å²) < 4.78 is 5.53. The predicted octanol–water partition coefficient (Wildman–Crippen LogP) is 3.81. The molecule has 2 N–H and O–H groups in total. The summed E-state index contributed by atoms with van der Waals surface area (Å²) in [6, 6.07) is 17.5. The van der Waals surface area contributed by atoms with Crippen molar-refractivity contribution >= 4 is 53.1 Å². The average molecular weight is 568 g/mol. The van der Waals surface area contributed by atoms with Crippen LogP contribution in [-0.2, 0) is 6.54 Å². The van der Waals surface area contributed by atoms with Gasteiger partial charge < -0.3 is 25.2 Å². The summed E-state index contributed by atoms with van der Waals surface area (Å²) in [5.41, 5.74) is 3.75. The van der Waals surface area contributed by atoms with Crippen molar-refractivity contribution in [2.75, 3.05) is 61.6 Å². The van der Waals surface area contributed by atoms with Crippen LogP contribution >= 0.6 is 35.7 Å². The molecule has 1 atom stereocenters. The Labute approximate surface area is 213 Å². The molecule has 2 heterocycles. The Morgan fingerprint density at radius 3 is 2.53 bits per heavy atom. The lowest BCUT2D eigenvalue weighted by atomic mass is 10.2. The molecule has 0 spiro atoms. The highest BCUT2D eigenvalue weighted by atomic mass is 127. The van der Waals surface area contributed by atoms with Crippen molar-refractivity contribution < 1.29 is 4.74 Å². The third-order valence-corrected chi connectivity index (χ3v) is 6.89. The number of hydrogen-bond donors (Lipinski definition) is 2. The first-order valence-corrected chi connectivity index (χ1v) is 12.2. The summed E-state index contributed by atoms with van der Waals surface area (Å²) in [6.45, 7) is 4.99. The Hall–Kier alpha value is -1.81. The molecule has 1 unspecified atom stereocenters. The van der Waals surface area contributed by atoms with Crippen LogP contribution in [0.3, 0.4) is 0 Å². The molecule has 0 bridgehead atoms. The maximum absolute atomic E-state index is 5.53. The Kier molecular flexibility index (Phi) is 9.65. The Balaban J connectivity index is 0.00000289. The number of guanidine groups is 1. The fourth-order valence-corrected chi connectivity index (χ4v) is 5.11. The van der Waals surface area contributed by atoms with Crippen LogP contribution in [0.1, 0.15) is 12.0 Å². The van der Waals surface area contributed by atoms with Gasteiger partial charge in [0, 0.05) is 63.0 Å². The van der Waals surface area contributed by atoms with Gasteiger partial charge in [0.15, 0.2) is 5.96 Å². The quantitative estimate of drug-likeness (QED) is 0.315. The molecule has 2 aliphatic rings. The van der Waals surface area contributed by atoms with E-state index in [9.17, 15) is 0 Å². The summed E-state index contributed by atoms with van der Waals surface area (Å²) >= 11 is 2.04. The summed E-state index contributed by atoms with van der Waals surface area (Å²) in [5, 5.41) is 7.05. The van der Waals surface area contributed by atoms with Crippen molar-refractivity contribution in [1.82, 2.24) is 10.6 Å². The molecule has 2 fully saturated rings. The molecule has 32 heavy (non-hydrogen) atoms. The van der Waals surface area contributed by atoms with Gasteiger partial charge in [0.25, 0.3) is 0 Å². The van der Waals surface area contributed by atoms with Crippen LogP contribution in [0.5, 0.6) is 5.75 Å². The number of halogens is 1. The van der Waals surface area contributed by atoms with E-state index in [1.807, 2.05) is 30.9 Å². The highest BCUT2D eigenvalue weighted by molar-refractivity contribution is 14.0. The van der Waals surface area contributed by atoms with Gasteiger partial charge in [-0.1, -0.05) is 24.3 Å². The standard InChI is InChI=1S/C24H33N5OS.HI/c1-25-24(26-17-19-7-9-21(10-8-19)28-13-15-31-16-14-28)27-20-11-12-29(18-20)22-5-3-4-6-23(22)30-2;/h3-10,20H,11-18H2,1-2H3,(H2,25,26,27);1H. The van der Waals surface area contributed by atoms with E-state index in [1.165, 1.54) is 22.8 Å². The number of nitrogens with zero attached hydrogens (tertiary/aromatic N) is 3. The lowest BCUT2D eigenvalue weighted by Crippen LogP contribution is -2.44. The highest BCUT2D eigenvalue weighted by Gasteiger charge is 2.25. The van der Waals surface area contributed by atoms with Gasteiger partial charge in [-0.2, -0.15) is 11.8 Å². The van der Waals surface area contributed by atoms with Crippen molar-refractivity contribution in [2.45, 2.75) is 19.0 Å². The second kappa shape index (κ2) is 12.4. The second-order valence-corrected chi connectivity index (χ2v) is 9.16. The number of benzene rings is 2. The molecule has 4 rings (SSSR count). The van der Waals surface area contributed by atoms with Crippen molar-refractivity contribution in [3.05, 3.63) is 54.1 Å². The summed E-state index contributed by atoms with van der Waals surface area (Å²) in [6.07, 6.45) is 1.07. The lowest BCUT2D eigenvalue weighted by molar-refractivity contribution is 0.415. The molecular formula is C24H34IN5OS. The van der Waals surface area contributed by atoms with Gasteiger partial charge in [-0.15, -0.1) is 24.0 Å². The lowest BCUT2D eigenvalue weighted by Gasteiger charge is -2.28. The van der Waals surface area contributed by atoms with Gasteiger partial charge in [-0.05, 0) is 36.2 Å². The van der Waals surface area contributed by atoms with E-state index >= 15 is 0 Å². The van der Waals surface area contributed by atoms with E-state index in [-0.39, 0.29) is 24.0 Å². The minimum Gasteiger partial charge on any atom is -0.495 e. The Bertz CT molecular complexity index is 873. The number of para-hydroxylation sites is 2. The number of anilines is 2. The maximum atomic E-state index is 5.53. The Morgan fingerprint density at radius 1 is 1.06 bits per heavy atom. The van der Waals surface area contributed by atoms with Crippen molar-refractivity contribution in [2.24, 2.45) is 4.99 Å². The zero-order valence-electron chi connectivity index (χ0n) is 18.9. The van der Waals surface area contributed by atoms with Gasteiger partial charge in [-0.25, -0.2) is 0 Å². The van der Waals surface area contributed by atoms with Gasteiger partial charge in [0.1, 0.15) is 5.75 Å². The van der Waals surface area contributed by atoms with Crippen LogP contribution in [0.25, 0.3) is 0 Å². The van der Waals surface area contributed by atoms with E-state index in [0.29, 0.717) is 6.04 Å². The molecule has 0 saturated carbocycles. The number of nitrogens with one attached hydrogen (secondary N) is 2. The van der Waals surface area contributed by atoms with E-state index in [1.54, 1.807) is 7.11 Å². The molecule has 2 aliphatic heterocycles. The largest absolute Gasteiger partial charge is 0.495 e. The number of rotatable bonds is 6. The molecule has 0 aliphatic carbocycles.